The number of hydrogen-bond donors (Lipinski definition) is 1. The van der Waals surface area contributed by atoms with E-state index in [0.717, 1.165) is 34.9 Å². The summed E-state index contributed by atoms with van der Waals surface area (Å²) in [5, 5.41) is 14.3. The van der Waals surface area contributed by atoms with Crippen molar-refractivity contribution < 1.29 is 19.1 Å². The summed E-state index contributed by atoms with van der Waals surface area (Å²) in [5.41, 5.74) is 2.66. The Balaban J connectivity index is 1.63. The van der Waals surface area contributed by atoms with Gasteiger partial charge in [-0.25, -0.2) is 9.59 Å². The Morgan fingerprint density at radius 2 is 1.39 bits per heavy atom. The summed E-state index contributed by atoms with van der Waals surface area (Å²) in [7, 11) is 0. The van der Waals surface area contributed by atoms with Crippen LogP contribution in [0.2, 0.25) is 0 Å². The van der Waals surface area contributed by atoms with Crippen molar-refractivity contribution in [3.8, 4) is 11.5 Å². The van der Waals surface area contributed by atoms with Gasteiger partial charge >= 0.3 is 11.3 Å². The van der Waals surface area contributed by atoms with E-state index in [2.05, 4.69) is 27.7 Å². The maximum absolute atomic E-state index is 13.6. The Labute approximate surface area is 258 Å². The molecule has 0 spiro atoms. The summed E-state index contributed by atoms with van der Waals surface area (Å²) in [5.74, 6) is 0.209. The molecule has 0 amide bonds. The minimum absolute atomic E-state index is 0.00925. The smallest absolute Gasteiger partial charge is 0.347 e. The van der Waals surface area contributed by atoms with Crippen LogP contribution in [0.3, 0.4) is 0 Å². The van der Waals surface area contributed by atoms with Crippen molar-refractivity contribution >= 4 is 27.3 Å². The van der Waals surface area contributed by atoms with Crippen LogP contribution in [0, 0.1) is 0 Å². The van der Waals surface area contributed by atoms with Crippen LogP contribution in [0.15, 0.2) is 50.4 Å². The third-order valence-corrected chi connectivity index (χ3v) is 10.0. The number of carbonyl (C=O) groups excluding carboxylic acids is 1. The van der Waals surface area contributed by atoms with Crippen LogP contribution in [-0.4, -0.2) is 10.9 Å². The zero-order chi connectivity index (χ0) is 31.9. The van der Waals surface area contributed by atoms with Crippen LogP contribution in [0.25, 0.3) is 21.5 Å². The van der Waals surface area contributed by atoms with Crippen molar-refractivity contribution in [3.05, 3.63) is 90.6 Å². The van der Waals surface area contributed by atoms with Gasteiger partial charge in [0.1, 0.15) is 6.10 Å². The lowest BCUT2D eigenvalue weighted by Crippen LogP contribution is -2.30. The molecule has 1 atom stereocenters. The van der Waals surface area contributed by atoms with E-state index in [1.807, 2.05) is 58.0 Å². The van der Waals surface area contributed by atoms with Crippen molar-refractivity contribution in [2.24, 2.45) is 0 Å². The van der Waals surface area contributed by atoms with E-state index in [4.69, 9.17) is 9.15 Å². The lowest BCUT2D eigenvalue weighted by Gasteiger charge is -2.38. The number of ether oxygens (including phenoxy) is 1. The highest BCUT2D eigenvalue weighted by Gasteiger charge is 2.38. The number of hydrogen-bond acceptors (Lipinski definition) is 6. The van der Waals surface area contributed by atoms with Gasteiger partial charge in [-0.3, -0.25) is 4.79 Å². The SMILES string of the molecule is CC(C)c1cc2ccc3c(c2c(O)c1OC1CCC(C)(C)c2ccc4cc(C(C)C)c(=O)oc(=O)c4c21)C(=O)CCC3(C)C. The van der Waals surface area contributed by atoms with Gasteiger partial charge in [0, 0.05) is 34.1 Å². The Morgan fingerprint density at radius 3 is 2.05 bits per heavy atom. The van der Waals surface area contributed by atoms with Gasteiger partial charge in [-0.05, 0) is 76.0 Å². The third kappa shape index (κ3) is 4.65. The van der Waals surface area contributed by atoms with Crippen molar-refractivity contribution in [3.63, 3.8) is 0 Å². The fourth-order valence-corrected chi connectivity index (χ4v) is 7.33. The standard InChI is InChI=1S/C38H42O6/c1-19(2)23-17-21-9-11-25-31(27(39)13-15-37(25,5)6)29(21)33(40)34(23)43-28-14-16-38(7,8)26-12-10-22-18-24(20(3)4)35(41)44-36(42)30(22)32(26)28/h9-12,17-20,28,40H,13-16H2,1-8H3. The molecule has 1 unspecified atom stereocenters. The highest BCUT2D eigenvalue weighted by atomic mass is 16.5. The van der Waals surface area contributed by atoms with Gasteiger partial charge < -0.3 is 14.3 Å². The molecule has 6 nitrogen and oxygen atoms in total. The third-order valence-electron chi connectivity index (χ3n) is 10.0. The Morgan fingerprint density at radius 1 is 0.795 bits per heavy atom. The Bertz CT molecular complexity index is 1970. The minimum atomic E-state index is -0.686. The zero-order valence-electron chi connectivity index (χ0n) is 27.0. The second-order valence-corrected chi connectivity index (χ2v) is 14.6. The molecular formula is C38H42O6. The average Bonchev–Trinajstić information content (AvgIpc) is 3.08. The summed E-state index contributed by atoms with van der Waals surface area (Å²) >= 11 is 0. The quantitative estimate of drug-likeness (QED) is 0.254. The summed E-state index contributed by atoms with van der Waals surface area (Å²) in [6.45, 7) is 16.4. The molecule has 230 valence electrons. The Kier molecular flexibility index (Phi) is 7.06. The van der Waals surface area contributed by atoms with Crippen LogP contribution in [0.1, 0.15) is 137 Å². The fraction of sp³-hybridized carbons (Fsp3) is 0.447. The molecule has 0 aliphatic heterocycles. The normalized spacial score (nSPS) is 19.0. The van der Waals surface area contributed by atoms with E-state index in [0.29, 0.717) is 51.4 Å². The maximum Gasteiger partial charge on any atom is 0.347 e. The molecule has 0 bridgehead atoms. The van der Waals surface area contributed by atoms with Gasteiger partial charge in [-0.1, -0.05) is 79.7 Å². The second-order valence-electron chi connectivity index (χ2n) is 14.6. The number of ketones is 1. The summed E-state index contributed by atoms with van der Waals surface area (Å²) in [6.07, 6.45) is 1.97. The van der Waals surface area contributed by atoms with Crippen LogP contribution >= 0.6 is 0 Å². The molecular weight excluding hydrogens is 552 g/mol. The van der Waals surface area contributed by atoms with Crippen LogP contribution in [0.5, 0.6) is 11.5 Å². The summed E-state index contributed by atoms with van der Waals surface area (Å²) in [6, 6.07) is 11.7. The van der Waals surface area contributed by atoms with Crippen LogP contribution in [-0.2, 0) is 10.8 Å². The molecule has 1 heterocycles. The molecule has 0 fully saturated rings. The van der Waals surface area contributed by atoms with E-state index in [-0.39, 0.29) is 34.2 Å². The molecule has 3 aromatic carbocycles. The number of benzene rings is 3. The number of aromatic hydroxyl groups is 1. The van der Waals surface area contributed by atoms with Gasteiger partial charge in [0.05, 0.1) is 5.39 Å². The summed E-state index contributed by atoms with van der Waals surface area (Å²) in [4.78, 5) is 39.9. The molecule has 44 heavy (non-hydrogen) atoms. The number of rotatable bonds is 4. The molecule has 6 heteroatoms. The predicted molar refractivity (Wildman–Crippen MR) is 175 cm³/mol. The Hall–Kier alpha value is -3.93. The number of phenols is 1. The topological polar surface area (TPSA) is 93.8 Å². The molecule has 2 aliphatic rings. The van der Waals surface area contributed by atoms with E-state index >= 15 is 0 Å². The number of Topliss-reactive ketones (excluding diaryl/α,β-unsaturated/α-hetero) is 1. The fourth-order valence-electron chi connectivity index (χ4n) is 7.33. The lowest BCUT2D eigenvalue weighted by atomic mass is 9.70. The van der Waals surface area contributed by atoms with Crippen molar-refractivity contribution in [2.45, 2.75) is 110 Å². The van der Waals surface area contributed by atoms with Crippen LogP contribution in [0.4, 0.5) is 0 Å². The first-order valence-electron chi connectivity index (χ1n) is 15.8. The number of fused-ring (bicyclic) bond motifs is 6. The highest BCUT2D eigenvalue weighted by molar-refractivity contribution is 6.13. The predicted octanol–water partition coefficient (Wildman–Crippen LogP) is 8.70. The lowest BCUT2D eigenvalue weighted by molar-refractivity contribution is 0.0958. The molecule has 4 aromatic rings. The molecule has 6 rings (SSSR count). The second kappa shape index (κ2) is 10.3. The first kappa shape index (κ1) is 30.1. The largest absolute Gasteiger partial charge is 0.504 e. The molecule has 1 N–H and O–H groups in total. The van der Waals surface area contributed by atoms with Gasteiger partial charge in [0.2, 0.25) is 0 Å². The van der Waals surface area contributed by atoms with Gasteiger partial charge in [-0.2, -0.15) is 0 Å². The van der Waals surface area contributed by atoms with Crippen molar-refractivity contribution in [1.29, 1.82) is 0 Å². The summed E-state index contributed by atoms with van der Waals surface area (Å²) < 4.78 is 12.3. The molecule has 0 saturated heterocycles. The van der Waals surface area contributed by atoms with E-state index in [1.165, 1.54) is 0 Å². The first-order chi connectivity index (χ1) is 20.6. The average molecular weight is 595 g/mol. The molecule has 2 aliphatic carbocycles. The number of phenolic OH excluding ortho intramolecular Hbond substituents is 1. The van der Waals surface area contributed by atoms with E-state index in [1.54, 1.807) is 6.07 Å². The number of carbonyl (C=O) groups is 1. The molecule has 1 aromatic heterocycles. The van der Waals surface area contributed by atoms with Crippen molar-refractivity contribution in [1.82, 2.24) is 0 Å². The van der Waals surface area contributed by atoms with Crippen molar-refractivity contribution in [2.75, 3.05) is 0 Å². The van der Waals surface area contributed by atoms with Gasteiger partial charge in [-0.15, -0.1) is 0 Å². The highest BCUT2D eigenvalue weighted by Crippen LogP contribution is 2.51. The monoisotopic (exact) mass is 594 g/mol. The van der Waals surface area contributed by atoms with E-state index in [9.17, 15) is 19.5 Å². The van der Waals surface area contributed by atoms with E-state index < -0.39 is 17.4 Å². The van der Waals surface area contributed by atoms with Gasteiger partial charge in [0.15, 0.2) is 17.3 Å². The zero-order valence-corrected chi connectivity index (χ0v) is 27.0. The maximum atomic E-state index is 13.6. The molecule has 0 radical (unpaired) electrons. The van der Waals surface area contributed by atoms with Crippen LogP contribution < -0.4 is 16.0 Å². The van der Waals surface area contributed by atoms with Gasteiger partial charge in [0.25, 0.3) is 0 Å². The minimum Gasteiger partial charge on any atom is -0.504 e. The molecule has 0 saturated carbocycles. The first-order valence-corrected chi connectivity index (χ1v) is 15.8.